The molecule has 1 heterocycles. The maximum absolute atomic E-state index is 13.8. The van der Waals surface area contributed by atoms with E-state index in [9.17, 15) is 29.4 Å². The number of fused-ring (bicyclic) bond motifs is 3. The molecule has 0 amide bonds. The van der Waals surface area contributed by atoms with Crippen LogP contribution >= 0.6 is 0 Å². The van der Waals surface area contributed by atoms with Crippen LogP contribution in [-0.2, 0) is 26.2 Å². The third-order valence-corrected chi connectivity index (χ3v) is 6.67. The molecule has 9 heteroatoms. The third-order valence-electron chi connectivity index (χ3n) is 6.67. The van der Waals surface area contributed by atoms with Crippen LogP contribution in [0.3, 0.4) is 0 Å². The van der Waals surface area contributed by atoms with Crippen molar-refractivity contribution in [3.63, 3.8) is 0 Å². The van der Waals surface area contributed by atoms with Gasteiger partial charge in [0.05, 0.1) is 11.1 Å². The molecule has 0 aromatic heterocycles. The number of Topliss-reactive ketones (excluding diaryl/α,β-unsaturated/α-hetero) is 2. The minimum absolute atomic E-state index is 0.00505. The number of carboxylic acids is 1. The number of carbonyl (C=O) groups excluding carboxylic acids is 3. The number of benzene rings is 2. The number of rotatable bonds is 6. The number of anilines is 1. The predicted molar refractivity (Wildman–Crippen MR) is 129 cm³/mol. The van der Waals surface area contributed by atoms with Crippen LogP contribution < -0.4 is 10.1 Å². The number of carbonyl (C=O) groups is 4. The topological polar surface area (TPSA) is 150 Å². The van der Waals surface area contributed by atoms with Crippen molar-refractivity contribution in [3.8, 4) is 17.2 Å². The number of allylic oxidation sites excluding steroid dienone is 4. The standard InChI is InChI=1S/C27H25NO8/c1-12-23(33)21(14(3)29)25-22(24(12)34)27(4)18(36-25)11-17(30)20(26(27)35)13(2)28-16-8-5-15(6-9-16)7-10-19(31)32/h5-6,8-9,11,28,33-34H,7,10H2,1-4H3,(H,31,32)/b20-13+/t27-/m0/s1. The molecule has 2 aromatic carbocycles. The molecule has 0 bridgehead atoms. The molecule has 2 aliphatic rings. The Hall–Kier alpha value is -4.40. The maximum atomic E-state index is 13.8. The Kier molecular flexibility index (Phi) is 5.95. The largest absolute Gasteiger partial charge is 0.507 e. The summed E-state index contributed by atoms with van der Waals surface area (Å²) in [6, 6.07) is 6.94. The lowest BCUT2D eigenvalue weighted by molar-refractivity contribution is -0.137. The van der Waals surface area contributed by atoms with Crippen LogP contribution in [0.5, 0.6) is 17.2 Å². The van der Waals surface area contributed by atoms with Crippen molar-refractivity contribution >= 4 is 29.0 Å². The number of carboxylic acid groups (broad SMARTS) is 1. The highest BCUT2D eigenvalue weighted by Crippen LogP contribution is 2.57. The van der Waals surface area contributed by atoms with Gasteiger partial charge in [-0.2, -0.15) is 0 Å². The highest BCUT2D eigenvalue weighted by molar-refractivity contribution is 6.31. The number of phenolic OH excluding ortho intramolecular Hbond substituents is 2. The molecular formula is C27H25NO8. The van der Waals surface area contributed by atoms with E-state index in [2.05, 4.69) is 5.32 Å². The second kappa shape index (κ2) is 8.67. The van der Waals surface area contributed by atoms with Crippen LogP contribution in [0.1, 0.15) is 54.2 Å². The van der Waals surface area contributed by atoms with E-state index < -0.39 is 34.5 Å². The second-order valence-corrected chi connectivity index (χ2v) is 9.10. The predicted octanol–water partition coefficient (Wildman–Crippen LogP) is 3.70. The first-order valence-electron chi connectivity index (χ1n) is 11.3. The molecule has 2 aromatic rings. The Bertz CT molecular complexity index is 1410. The van der Waals surface area contributed by atoms with Gasteiger partial charge in [0.15, 0.2) is 17.3 Å². The number of nitrogens with one attached hydrogen (secondary N) is 1. The van der Waals surface area contributed by atoms with E-state index in [0.717, 1.165) is 11.6 Å². The molecule has 0 saturated heterocycles. The molecule has 1 aliphatic heterocycles. The van der Waals surface area contributed by atoms with Crippen LogP contribution in [0.4, 0.5) is 5.69 Å². The summed E-state index contributed by atoms with van der Waals surface area (Å²) in [7, 11) is 0. The lowest BCUT2D eigenvalue weighted by atomic mass is 9.70. The Morgan fingerprint density at radius 3 is 2.28 bits per heavy atom. The van der Waals surface area contributed by atoms with E-state index in [4.69, 9.17) is 9.84 Å². The zero-order valence-corrected chi connectivity index (χ0v) is 20.2. The van der Waals surface area contributed by atoms with Gasteiger partial charge in [-0.3, -0.25) is 19.2 Å². The SMILES string of the molecule is CC(=O)c1c(O)c(C)c(O)c2c1OC1=CC(=O)/C(=C(/C)Nc3ccc(CCC(=O)O)cc3)C(=O)[C@@]12C. The first kappa shape index (κ1) is 24.7. The summed E-state index contributed by atoms with van der Waals surface area (Å²) in [4.78, 5) is 49.9. The first-order valence-corrected chi connectivity index (χ1v) is 11.3. The van der Waals surface area contributed by atoms with Gasteiger partial charge in [-0.25, -0.2) is 0 Å². The summed E-state index contributed by atoms with van der Waals surface area (Å²) in [6.45, 7) is 5.73. The van der Waals surface area contributed by atoms with E-state index in [-0.39, 0.29) is 51.6 Å². The van der Waals surface area contributed by atoms with Crippen molar-refractivity contribution in [3.05, 3.63) is 69.6 Å². The van der Waals surface area contributed by atoms with Gasteiger partial charge in [0, 0.05) is 29.4 Å². The molecule has 36 heavy (non-hydrogen) atoms. The normalized spacial score (nSPS) is 19.7. The van der Waals surface area contributed by atoms with Crippen molar-refractivity contribution in [2.45, 2.75) is 46.0 Å². The number of phenols is 2. The number of hydrogen-bond acceptors (Lipinski definition) is 8. The lowest BCUT2D eigenvalue weighted by Gasteiger charge is -2.29. The van der Waals surface area contributed by atoms with Gasteiger partial charge in [0.25, 0.3) is 0 Å². The molecule has 4 N–H and O–H groups in total. The molecule has 1 aliphatic carbocycles. The van der Waals surface area contributed by atoms with Gasteiger partial charge in [-0.15, -0.1) is 0 Å². The molecule has 186 valence electrons. The van der Waals surface area contributed by atoms with Crippen LogP contribution in [0.25, 0.3) is 0 Å². The van der Waals surface area contributed by atoms with Crippen molar-refractivity contribution in [1.29, 1.82) is 0 Å². The maximum Gasteiger partial charge on any atom is 0.303 e. The van der Waals surface area contributed by atoms with Crippen LogP contribution in [0.2, 0.25) is 0 Å². The van der Waals surface area contributed by atoms with E-state index in [1.807, 2.05) is 0 Å². The van der Waals surface area contributed by atoms with Gasteiger partial charge >= 0.3 is 5.97 Å². The van der Waals surface area contributed by atoms with Crippen LogP contribution in [0.15, 0.2) is 47.4 Å². The van der Waals surface area contributed by atoms with Crippen molar-refractivity contribution in [2.75, 3.05) is 5.32 Å². The molecule has 0 spiro atoms. The summed E-state index contributed by atoms with van der Waals surface area (Å²) in [5.74, 6) is -3.64. The number of ether oxygens (including phenoxy) is 1. The monoisotopic (exact) mass is 491 g/mol. The lowest BCUT2D eigenvalue weighted by Crippen LogP contribution is -2.40. The first-order chi connectivity index (χ1) is 16.9. The number of aromatic hydroxyl groups is 2. The van der Waals surface area contributed by atoms with Crippen molar-refractivity contribution < 1.29 is 39.2 Å². The Balaban J connectivity index is 1.76. The number of aryl methyl sites for hydroxylation is 1. The molecule has 0 unspecified atom stereocenters. The molecule has 1 atom stereocenters. The summed E-state index contributed by atoms with van der Waals surface area (Å²) >= 11 is 0. The highest BCUT2D eigenvalue weighted by atomic mass is 16.5. The summed E-state index contributed by atoms with van der Waals surface area (Å²) < 4.78 is 5.76. The minimum atomic E-state index is -1.59. The van der Waals surface area contributed by atoms with Crippen molar-refractivity contribution in [2.24, 2.45) is 0 Å². The fraction of sp³-hybridized carbons (Fsp3) is 0.259. The van der Waals surface area contributed by atoms with Crippen LogP contribution in [-0.4, -0.2) is 38.6 Å². The van der Waals surface area contributed by atoms with Gasteiger partial charge < -0.3 is 25.4 Å². The van der Waals surface area contributed by atoms with Crippen LogP contribution in [0, 0.1) is 6.92 Å². The van der Waals surface area contributed by atoms with Crippen molar-refractivity contribution in [1.82, 2.24) is 0 Å². The summed E-state index contributed by atoms with van der Waals surface area (Å²) in [6.07, 6.45) is 1.54. The summed E-state index contributed by atoms with van der Waals surface area (Å²) in [5.41, 5.74) is -0.149. The third kappa shape index (κ3) is 3.73. The Morgan fingerprint density at radius 2 is 1.69 bits per heavy atom. The molecular weight excluding hydrogens is 466 g/mol. The zero-order valence-electron chi connectivity index (χ0n) is 20.2. The Labute approximate surface area is 206 Å². The minimum Gasteiger partial charge on any atom is -0.507 e. The van der Waals surface area contributed by atoms with E-state index in [1.165, 1.54) is 20.8 Å². The zero-order chi connectivity index (χ0) is 26.5. The molecule has 0 fully saturated rings. The number of hydrogen-bond donors (Lipinski definition) is 4. The molecule has 0 saturated carbocycles. The smallest absolute Gasteiger partial charge is 0.303 e. The van der Waals surface area contributed by atoms with E-state index >= 15 is 0 Å². The quantitative estimate of drug-likeness (QED) is 0.269. The molecule has 9 nitrogen and oxygen atoms in total. The van der Waals surface area contributed by atoms with Gasteiger partial charge in [-0.05, 0) is 51.8 Å². The number of aliphatic carboxylic acids is 1. The van der Waals surface area contributed by atoms with E-state index in [0.29, 0.717) is 12.1 Å². The van der Waals surface area contributed by atoms with E-state index in [1.54, 1.807) is 31.2 Å². The molecule has 4 rings (SSSR count). The Morgan fingerprint density at radius 1 is 1.06 bits per heavy atom. The highest BCUT2D eigenvalue weighted by Gasteiger charge is 2.56. The number of ketones is 3. The average molecular weight is 491 g/mol. The summed E-state index contributed by atoms with van der Waals surface area (Å²) in [5, 5.41) is 33.2. The molecule has 0 radical (unpaired) electrons. The van der Waals surface area contributed by atoms with Gasteiger partial charge in [0.2, 0.25) is 0 Å². The van der Waals surface area contributed by atoms with Gasteiger partial charge in [0.1, 0.15) is 34.0 Å². The fourth-order valence-electron chi connectivity index (χ4n) is 4.65. The van der Waals surface area contributed by atoms with Gasteiger partial charge in [-0.1, -0.05) is 12.1 Å². The second-order valence-electron chi connectivity index (χ2n) is 9.10. The fourth-order valence-corrected chi connectivity index (χ4v) is 4.65. The average Bonchev–Trinajstić information content (AvgIpc) is 3.10.